The molecule has 200 valence electrons. The molecular weight excluding hydrogens is 456 g/mol. The summed E-state index contributed by atoms with van der Waals surface area (Å²) in [5.41, 5.74) is -0.578. The molecule has 36 heavy (non-hydrogen) atoms. The van der Waals surface area contributed by atoms with Crippen molar-refractivity contribution >= 4 is 11.9 Å². The second-order valence-electron chi connectivity index (χ2n) is 13.4. The summed E-state index contributed by atoms with van der Waals surface area (Å²) < 4.78 is 5.22. The number of nitrogens with one attached hydrogen (secondary N) is 1. The number of ether oxygens (including phenoxy) is 1. The first-order chi connectivity index (χ1) is 17.1. The van der Waals surface area contributed by atoms with Gasteiger partial charge in [0.1, 0.15) is 6.61 Å². The minimum Gasteiger partial charge on any atom is -0.458 e. The molecule has 6 aliphatic rings. The van der Waals surface area contributed by atoms with Crippen LogP contribution in [0.1, 0.15) is 78.1 Å². The van der Waals surface area contributed by atoms with Crippen molar-refractivity contribution in [2.75, 3.05) is 20.2 Å². The van der Waals surface area contributed by atoms with Gasteiger partial charge in [0.15, 0.2) is 0 Å². The zero-order chi connectivity index (χ0) is 25.5. The summed E-state index contributed by atoms with van der Waals surface area (Å²) in [6.45, 7) is 5.70. The van der Waals surface area contributed by atoms with Crippen molar-refractivity contribution in [3.8, 4) is 0 Å². The number of hydrogen-bond acceptors (Lipinski definition) is 6. The predicted octanol–water partition coefficient (Wildman–Crippen LogP) is 2.79. The fraction of sp³-hybridized carbons (Fsp3) is 0.862. The topological polar surface area (TPSA) is 99.1 Å². The first-order valence-electron chi connectivity index (χ1n) is 14.4. The van der Waals surface area contributed by atoms with Crippen LogP contribution in [0.25, 0.3) is 0 Å². The normalized spacial score (nSPS) is 50.1. The molecule has 0 spiro atoms. The molecule has 1 amide bonds. The zero-order valence-corrected chi connectivity index (χ0v) is 22.2. The highest BCUT2D eigenvalue weighted by Gasteiger charge is 2.70. The van der Waals surface area contributed by atoms with Crippen LogP contribution in [0.3, 0.4) is 0 Å². The maximum absolute atomic E-state index is 13.1. The largest absolute Gasteiger partial charge is 0.458 e. The van der Waals surface area contributed by atoms with E-state index in [2.05, 4.69) is 19.2 Å². The number of nitrogens with zero attached hydrogens (tertiary/aromatic N) is 1. The van der Waals surface area contributed by atoms with Gasteiger partial charge in [-0.15, -0.1) is 0 Å². The Morgan fingerprint density at radius 3 is 2.61 bits per heavy atom. The molecule has 0 aromatic heterocycles. The number of likely N-dealkylation sites (N-methyl/N-ethyl adjacent to an activating group) is 1. The predicted molar refractivity (Wildman–Crippen MR) is 135 cm³/mol. The van der Waals surface area contributed by atoms with Gasteiger partial charge < -0.3 is 25.2 Å². The molecule has 2 aliphatic heterocycles. The van der Waals surface area contributed by atoms with Crippen molar-refractivity contribution in [3.63, 3.8) is 0 Å². The average Bonchev–Trinajstić information content (AvgIpc) is 3.59. The van der Waals surface area contributed by atoms with Gasteiger partial charge in [-0.05, 0) is 105 Å². The quantitative estimate of drug-likeness (QED) is 0.516. The van der Waals surface area contributed by atoms with Gasteiger partial charge in [-0.2, -0.15) is 0 Å². The summed E-state index contributed by atoms with van der Waals surface area (Å²) in [5, 5.41) is 27.5. The van der Waals surface area contributed by atoms with Crippen molar-refractivity contribution in [3.05, 3.63) is 11.6 Å². The highest BCUT2D eigenvalue weighted by Crippen LogP contribution is 2.70. The molecule has 7 heteroatoms. The first kappa shape index (κ1) is 24.9. The molecule has 1 saturated heterocycles. The Bertz CT molecular complexity index is 961. The molecule has 3 N–H and O–H groups in total. The average molecular weight is 501 g/mol. The number of amides is 1. The molecule has 0 aromatic rings. The van der Waals surface area contributed by atoms with E-state index in [0.717, 1.165) is 63.5 Å². The Hall–Kier alpha value is -1.44. The summed E-state index contributed by atoms with van der Waals surface area (Å²) in [7, 11) is 1.99. The summed E-state index contributed by atoms with van der Waals surface area (Å²) in [4.78, 5) is 26.9. The molecule has 4 aliphatic carbocycles. The molecule has 0 bridgehead atoms. The van der Waals surface area contributed by atoms with Crippen LogP contribution < -0.4 is 5.32 Å². The lowest BCUT2D eigenvalue weighted by Crippen LogP contribution is -2.67. The molecule has 4 saturated carbocycles. The molecule has 0 radical (unpaired) electrons. The second kappa shape index (κ2) is 8.54. The van der Waals surface area contributed by atoms with Gasteiger partial charge >= 0.3 is 5.97 Å². The fourth-order valence-electron chi connectivity index (χ4n) is 10.0. The molecule has 7 nitrogen and oxygen atoms in total. The second-order valence-corrected chi connectivity index (χ2v) is 13.4. The van der Waals surface area contributed by atoms with Crippen molar-refractivity contribution in [1.82, 2.24) is 10.2 Å². The van der Waals surface area contributed by atoms with E-state index in [-0.39, 0.29) is 47.1 Å². The van der Waals surface area contributed by atoms with Crippen molar-refractivity contribution in [2.24, 2.45) is 34.5 Å². The van der Waals surface area contributed by atoms with E-state index in [0.29, 0.717) is 25.4 Å². The maximum Gasteiger partial charge on any atom is 0.331 e. The van der Waals surface area contributed by atoms with Crippen LogP contribution in [-0.4, -0.2) is 71.0 Å². The number of aliphatic hydroxyl groups excluding tert-OH is 1. The van der Waals surface area contributed by atoms with E-state index < -0.39 is 17.1 Å². The van der Waals surface area contributed by atoms with Crippen LogP contribution in [-0.2, 0) is 14.3 Å². The van der Waals surface area contributed by atoms with E-state index in [1.54, 1.807) is 6.08 Å². The summed E-state index contributed by atoms with van der Waals surface area (Å²) in [6, 6.07) is 0.254. The van der Waals surface area contributed by atoms with Gasteiger partial charge in [0.05, 0.1) is 17.7 Å². The van der Waals surface area contributed by atoms with Crippen LogP contribution in [0.4, 0.5) is 0 Å². The van der Waals surface area contributed by atoms with Gasteiger partial charge in [0.2, 0.25) is 5.91 Å². The number of hydrogen-bond donors (Lipinski definition) is 3. The van der Waals surface area contributed by atoms with Gasteiger partial charge in [-0.1, -0.05) is 13.8 Å². The van der Waals surface area contributed by atoms with Gasteiger partial charge in [0.25, 0.3) is 0 Å². The van der Waals surface area contributed by atoms with Crippen LogP contribution in [0.5, 0.6) is 0 Å². The fourth-order valence-corrected chi connectivity index (χ4v) is 10.0. The third-order valence-electron chi connectivity index (χ3n) is 12.3. The number of cyclic esters (lactones) is 1. The number of rotatable bonds is 3. The molecule has 6 rings (SSSR count). The van der Waals surface area contributed by atoms with Crippen LogP contribution in [0.15, 0.2) is 11.6 Å². The van der Waals surface area contributed by atoms with Gasteiger partial charge in [-0.25, -0.2) is 4.79 Å². The van der Waals surface area contributed by atoms with E-state index in [1.165, 1.54) is 0 Å². The molecule has 0 aromatic carbocycles. The number of esters is 1. The molecule has 0 unspecified atom stereocenters. The van der Waals surface area contributed by atoms with Crippen LogP contribution in [0, 0.1) is 34.5 Å². The lowest BCUT2D eigenvalue weighted by molar-refractivity contribution is -0.243. The Kier molecular flexibility index (Phi) is 5.90. The third-order valence-corrected chi connectivity index (χ3v) is 12.3. The Morgan fingerprint density at radius 2 is 1.92 bits per heavy atom. The zero-order valence-electron chi connectivity index (χ0n) is 22.2. The molecular formula is C29H44N2O5. The summed E-state index contributed by atoms with van der Waals surface area (Å²) in [5.74, 6) is 0.865. The first-order valence-corrected chi connectivity index (χ1v) is 14.4. The van der Waals surface area contributed by atoms with E-state index in [1.807, 2.05) is 11.9 Å². The SMILES string of the molecule is CN(C(=O)[C@H]1CCCN1)[C@H]1CC[C@@]2(C)[C@H](CC[C@@H]3[C@@H]2C[C@@H](O)[C@]2(C)[C@@H](C4=CC(=O)OC4)CC[C@]32O)C1. The number of carbonyl (C=O) groups excluding carboxylic acids is 2. The highest BCUT2D eigenvalue weighted by molar-refractivity contribution is 5.85. The van der Waals surface area contributed by atoms with Gasteiger partial charge in [-0.3, -0.25) is 4.79 Å². The van der Waals surface area contributed by atoms with Crippen molar-refractivity contribution in [2.45, 2.75) is 102 Å². The summed E-state index contributed by atoms with van der Waals surface area (Å²) in [6.07, 6.45) is 10.3. The molecule has 10 atom stereocenters. The van der Waals surface area contributed by atoms with Crippen LogP contribution in [0.2, 0.25) is 0 Å². The minimum atomic E-state index is -0.932. The molecule has 5 fully saturated rings. The third kappa shape index (κ3) is 3.34. The minimum absolute atomic E-state index is 0.0185. The van der Waals surface area contributed by atoms with Gasteiger partial charge in [0, 0.05) is 24.6 Å². The van der Waals surface area contributed by atoms with Crippen molar-refractivity contribution in [1.29, 1.82) is 0 Å². The number of carbonyl (C=O) groups is 2. The van der Waals surface area contributed by atoms with Crippen molar-refractivity contribution < 1.29 is 24.5 Å². The number of fused-ring (bicyclic) bond motifs is 5. The van der Waals surface area contributed by atoms with E-state index in [9.17, 15) is 19.8 Å². The number of aliphatic hydroxyl groups is 2. The molecule has 2 heterocycles. The Morgan fingerprint density at radius 1 is 1.11 bits per heavy atom. The highest BCUT2D eigenvalue weighted by atomic mass is 16.5. The Balaban J connectivity index is 1.22. The van der Waals surface area contributed by atoms with Crippen LogP contribution >= 0.6 is 0 Å². The van der Waals surface area contributed by atoms with E-state index >= 15 is 0 Å². The lowest BCUT2D eigenvalue weighted by atomic mass is 9.42. The monoisotopic (exact) mass is 500 g/mol. The standard InChI is InChI=1S/C29H44N2O5/c1-27-10-8-19(31(3)26(34)23-5-4-12-30-23)14-18(27)6-7-21-22(27)15-24(32)28(2)20(9-11-29(21,28)35)17-13-25(33)36-16-17/h13,18-24,30,32,35H,4-12,14-16H2,1-3H3/t18-,19+,20-,21-,22+,23-,24-,27+,28+,29+/m1/s1. The van der Waals surface area contributed by atoms with E-state index in [4.69, 9.17) is 4.74 Å². The summed E-state index contributed by atoms with van der Waals surface area (Å²) >= 11 is 0. The lowest BCUT2D eigenvalue weighted by Gasteiger charge is -2.65. The Labute approximate surface area is 215 Å². The smallest absolute Gasteiger partial charge is 0.331 e. The maximum atomic E-state index is 13.1.